The van der Waals surface area contributed by atoms with E-state index in [0.717, 1.165) is 0 Å². The summed E-state index contributed by atoms with van der Waals surface area (Å²) in [5, 5.41) is 9.29. The first kappa shape index (κ1) is 15.2. The Hall–Kier alpha value is -0.850. The summed E-state index contributed by atoms with van der Waals surface area (Å²) in [4.78, 5) is 13.5. The summed E-state index contributed by atoms with van der Waals surface area (Å²) in [7, 11) is 1.55. The molecule has 106 valence electrons. The molecule has 1 amide bonds. The molecule has 1 rings (SSSR count). The zero-order valence-electron chi connectivity index (χ0n) is 11.5. The zero-order valence-corrected chi connectivity index (χ0v) is 11.5. The van der Waals surface area contributed by atoms with Crippen LogP contribution in [0.1, 0.15) is 27.2 Å². The van der Waals surface area contributed by atoms with Crippen molar-refractivity contribution < 1.29 is 24.1 Å². The van der Waals surface area contributed by atoms with Gasteiger partial charge < -0.3 is 24.2 Å². The van der Waals surface area contributed by atoms with Crippen LogP contribution >= 0.6 is 0 Å². The number of aliphatic hydroxyl groups excluding tert-OH is 1. The van der Waals surface area contributed by atoms with Crippen LogP contribution in [0, 0.1) is 0 Å². The van der Waals surface area contributed by atoms with Gasteiger partial charge in [-0.25, -0.2) is 4.79 Å². The molecule has 0 aromatic rings. The number of likely N-dealkylation sites (tertiary alicyclic amines) is 1. The number of carbonyl (C=O) groups is 1. The second-order valence-corrected chi connectivity index (χ2v) is 5.40. The molecule has 0 radical (unpaired) electrons. The second-order valence-electron chi connectivity index (χ2n) is 5.40. The fraction of sp³-hybridized carbons (Fsp3) is 0.917. The summed E-state index contributed by atoms with van der Waals surface area (Å²) < 4.78 is 15.5. The summed E-state index contributed by atoms with van der Waals surface area (Å²) in [5.41, 5.74) is -0.539. The first-order valence-corrected chi connectivity index (χ1v) is 6.08. The molecule has 0 aromatic carbocycles. The Labute approximate surface area is 108 Å². The molecule has 0 aromatic heterocycles. The largest absolute Gasteiger partial charge is 0.444 e. The Kier molecular flexibility index (Phi) is 5.37. The molecule has 18 heavy (non-hydrogen) atoms. The topological polar surface area (TPSA) is 68.2 Å². The standard InChI is InChI=1S/C12H23NO5/c1-12(2,3)18-11(15)13-6-10(17-8-16-4)5-9(13)7-14/h9-10,14H,5-8H2,1-4H3/t9-,10-/m0/s1. The predicted octanol–water partition coefficient (Wildman–Crippen LogP) is 0.977. The Bertz CT molecular complexity index is 276. The molecule has 1 heterocycles. The van der Waals surface area contributed by atoms with E-state index in [0.29, 0.717) is 13.0 Å². The first-order valence-electron chi connectivity index (χ1n) is 6.08. The SMILES string of the molecule is COCO[C@H]1C[C@@H](CO)N(C(=O)OC(C)(C)C)C1. The van der Waals surface area contributed by atoms with Gasteiger partial charge in [0.15, 0.2) is 0 Å². The van der Waals surface area contributed by atoms with E-state index in [1.54, 1.807) is 7.11 Å². The Morgan fingerprint density at radius 1 is 1.44 bits per heavy atom. The molecule has 0 unspecified atom stereocenters. The van der Waals surface area contributed by atoms with Gasteiger partial charge in [0.1, 0.15) is 12.4 Å². The summed E-state index contributed by atoms with van der Waals surface area (Å²) in [6, 6.07) is -0.248. The van der Waals surface area contributed by atoms with Crippen molar-refractivity contribution in [1.82, 2.24) is 4.90 Å². The number of carbonyl (C=O) groups excluding carboxylic acids is 1. The van der Waals surface area contributed by atoms with Gasteiger partial charge in [-0.15, -0.1) is 0 Å². The number of ether oxygens (including phenoxy) is 3. The molecule has 6 nitrogen and oxygen atoms in total. The van der Waals surface area contributed by atoms with E-state index in [4.69, 9.17) is 14.2 Å². The summed E-state index contributed by atoms with van der Waals surface area (Å²) >= 11 is 0. The van der Waals surface area contributed by atoms with E-state index in [9.17, 15) is 9.90 Å². The third-order valence-corrected chi connectivity index (χ3v) is 2.64. The van der Waals surface area contributed by atoms with Crippen molar-refractivity contribution >= 4 is 6.09 Å². The minimum atomic E-state index is -0.539. The Balaban J connectivity index is 2.55. The highest BCUT2D eigenvalue weighted by molar-refractivity contribution is 5.69. The van der Waals surface area contributed by atoms with E-state index >= 15 is 0 Å². The Morgan fingerprint density at radius 3 is 2.61 bits per heavy atom. The normalized spacial score (nSPS) is 24.4. The van der Waals surface area contributed by atoms with Crippen LogP contribution in [0.15, 0.2) is 0 Å². The molecule has 1 N–H and O–H groups in total. The fourth-order valence-electron chi connectivity index (χ4n) is 1.88. The lowest BCUT2D eigenvalue weighted by Crippen LogP contribution is -2.41. The van der Waals surface area contributed by atoms with Crippen molar-refractivity contribution in [3.05, 3.63) is 0 Å². The average Bonchev–Trinajstić information content (AvgIpc) is 2.67. The molecular formula is C12H23NO5. The lowest BCUT2D eigenvalue weighted by atomic mass is 10.2. The van der Waals surface area contributed by atoms with Gasteiger partial charge in [0, 0.05) is 7.11 Å². The van der Waals surface area contributed by atoms with E-state index in [2.05, 4.69) is 0 Å². The van der Waals surface area contributed by atoms with Gasteiger partial charge in [-0.05, 0) is 27.2 Å². The third kappa shape index (κ3) is 4.44. The fourth-order valence-corrected chi connectivity index (χ4v) is 1.88. The number of aliphatic hydroxyl groups is 1. The van der Waals surface area contributed by atoms with Gasteiger partial charge in [-0.1, -0.05) is 0 Å². The van der Waals surface area contributed by atoms with Crippen molar-refractivity contribution in [2.75, 3.05) is 27.1 Å². The van der Waals surface area contributed by atoms with Crippen LogP contribution in [0.3, 0.4) is 0 Å². The molecule has 0 spiro atoms. The summed E-state index contributed by atoms with van der Waals surface area (Å²) in [6.07, 6.45) is 0.0683. The summed E-state index contributed by atoms with van der Waals surface area (Å²) in [5.74, 6) is 0. The highest BCUT2D eigenvalue weighted by Gasteiger charge is 2.37. The number of hydrogen-bond donors (Lipinski definition) is 1. The first-order chi connectivity index (χ1) is 8.37. The number of hydrogen-bond acceptors (Lipinski definition) is 5. The zero-order chi connectivity index (χ0) is 13.8. The average molecular weight is 261 g/mol. The van der Waals surface area contributed by atoms with Gasteiger partial charge in [-0.3, -0.25) is 0 Å². The van der Waals surface area contributed by atoms with Crippen LogP contribution in [-0.4, -0.2) is 60.9 Å². The molecule has 6 heteroatoms. The molecule has 0 saturated carbocycles. The second kappa shape index (κ2) is 6.36. The number of amides is 1. The van der Waals surface area contributed by atoms with Crippen LogP contribution < -0.4 is 0 Å². The Morgan fingerprint density at radius 2 is 2.11 bits per heavy atom. The third-order valence-electron chi connectivity index (χ3n) is 2.64. The van der Waals surface area contributed by atoms with Crippen molar-refractivity contribution in [3.63, 3.8) is 0 Å². The van der Waals surface area contributed by atoms with Gasteiger partial charge >= 0.3 is 6.09 Å². The smallest absolute Gasteiger partial charge is 0.410 e. The van der Waals surface area contributed by atoms with Crippen LogP contribution in [0.2, 0.25) is 0 Å². The molecule has 0 bridgehead atoms. The molecule has 2 atom stereocenters. The molecule has 1 aliphatic rings. The van der Waals surface area contributed by atoms with Crippen molar-refractivity contribution in [2.24, 2.45) is 0 Å². The summed E-state index contributed by atoms with van der Waals surface area (Å²) in [6.45, 7) is 5.95. The molecule has 1 saturated heterocycles. The molecular weight excluding hydrogens is 238 g/mol. The maximum Gasteiger partial charge on any atom is 0.410 e. The van der Waals surface area contributed by atoms with Crippen LogP contribution in [0.25, 0.3) is 0 Å². The lowest BCUT2D eigenvalue weighted by molar-refractivity contribution is -0.0677. The van der Waals surface area contributed by atoms with Gasteiger partial charge in [0.25, 0.3) is 0 Å². The minimum Gasteiger partial charge on any atom is -0.444 e. The highest BCUT2D eigenvalue weighted by Crippen LogP contribution is 2.22. The van der Waals surface area contributed by atoms with E-state index in [1.807, 2.05) is 20.8 Å². The molecule has 1 fully saturated rings. The van der Waals surface area contributed by atoms with Crippen molar-refractivity contribution in [3.8, 4) is 0 Å². The van der Waals surface area contributed by atoms with Crippen LogP contribution in [-0.2, 0) is 14.2 Å². The van der Waals surface area contributed by atoms with E-state index in [1.165, 1.54) is 4.90 Å². The lowest BCUT2D eigenvalue weighted by Gasteiger charge is -2.27. The van der Waals surface area contributed by atoms with Gasteiger partial charge in [0.05, 0.1) is 25.3 Å². The van der Waals surface area contributed by atoms with Crippen LogP contribution in [0.5, 0.6) is 0 Å². The number of methoxy groups -OCH3 is 1. The quantitative estimate of drug-likeness (QED) is 0.764. The van der Waals surface area contributed by atoms with Gasteiger partial charge in [-0.2, -0.15) is 0 Å². The maximum absolute atomic E-state index is 12.0. The maximum atomic E-state index is 12.0. The predicted molar refractivity (Wildman–Crippen MR) is 65.2 cm³/mol. The molecule has 1 aliphatic heterocycles. The van der Waals surface area contributed by atoms with E-state index < -0.39 is 11.7 Å². The van der Waals surface area contributed by atoms with Gasteiger partial charge in [0.2, 0.25) is 0 Å². The number of rotatable bonds is 4. The monoisotopic (exact) mass is 261 g/mol. The highest BCUT2D eigenvalue weighted by atomic mass is 16.7. The van der Waals surface area contributed by atoms with Crippen LogP contribution in [0.4, 0.5) is 4.79 Å². The molecule has 0 aliphatic carbocycles. The van der Waals surface area contributed by atoms with E-state index in [-0.39, 0.29) is 25.5 Å². The minimum absolute atomic E-state index is 0.0912. The van der Waals surface area contributed by atoms with Crippen molar-refractivity contribution in [1.29, 1.82) is 0 Å². The number of nitrogens with zero attached hydrogens (tertiary/aromatic N) is 1. The van der Waals surface area contributed by atoms with Crippen molar-refractivity contribution in [2.45, 2.75) is 44.9 Å².